The second-order valence-electron chi connectivity index (χ2n) is 7.04. The molecule has 0 saturated heterocycles. The van der Waals surface area contributed by atoms with E-state index in [1.54, 1.807) is 0 Å². The Kier molecular flexibility index (Phi) is 7.86. The van der Waals surface area contributed by atoms with Crippen molar-refractivity contribution in [3.05, 3.63) is 96.2 Å². The number of rotatable bonds is 10. The van der Waals surface area contributed by atoms with Crippen LogP contribution < -0.4 is 0 Å². The number of hydrogen-bond donors (Lipinski definition) is 1. The topological polar surface area (TPSA) is 54.6 Å². The number of methoxy groups -OCH3 is 1. The first kappa shape index (κ1) is 21.4. The fraction of sp³-hybridized carbons (Fsp3) is 0.240. The molecule has 3 aromatic rings. The van der Waals surface area contributed by atoms with Gasteiger partial charge in [0.1, 0.15) is 6.61 Å². The maximum absolute atomic E-state index is 11.1. The van der Waals surface area contributed by atoms with Crippen molar-refractivity contribution in [2.45, 2.75) is 19.5 Å². The van der Waals surface area contributed by atoms with Gasteiger partial charge in [0.25, 0.3) is 0 Å². The first-order valence-electron chi connectivity index (χ1n) is 10.0. The zero-order chi connectivity index (χ0) is 21.2. The molecule has 2 aromatic carbocycles. The SMILES string of the molecule is C=CCc1c[nH]c2cccc(CN(C/C=C/COC(=O)OC)Cc3ccccc3)c12. The maximum atomic E-state index is 11.1. The number of nitrogens with zero attached hydrogens (tertiary/aromatic N) is 1. The Hall–Kier alpha value is -3.31. The zero-order valence-corrected chi connectivity index (χ0v) is 17.3. The highest BCUT2D eigenvalue weighted by molar-refractivity contribution is 5.86. The molecule has 0 aliphatic heterocycles. The molecule has 0 fully saturated rings. The lowest BCUT2D eigenvalue weighted by molar-refractivity contribution is 0.0817. The lowest BCUT2D eigenvalue weighted by Crippen LogP contribution is -2.23. The van der Waals surface area contributed by atoms with Crippen molar-refractivity contribution in [2.75, 3.05) is 20.3 Å². The molecule has 1 N–H and O–H groups in total. The summed E-state index contributed by atoms with van der Waals surface area (Å²) in [6.07, 6.45) is 8.03. The molecule has 0 bridgehead atoms. The van der Waals surface area contributed by atoms with Crippen molar-refractivity contribution >= 4 is 17.1 Å². The van der Waals surface area contributed by atoms with E-state index in [2.05, 4.69) is 69.9 Å². The quantitative estimate of drug-likeness (QED) is 0.371. The molecule has 0 amide bonds. The van der Waals surface area contributed by atoms with Crippen LogP contribution in [0.15, 0.2) is 79.5 Å². The molecule has 0 spiro atoms. The van der Waals surface area contributed by atoms with Crippen LogP contribution in [-0.2, 0) is 29.0 Å². The van der Waals surface area contributed by atoms with Gasteiger partial charge in [-0.25, -0.2) is 4.79 Å². The molecule has 30 heavy (non-hydrogen) atoms. The fourth-order valence-corrected chi connectivity index (χ4v) is 3.52. The molecule has 0 radical (unpaired) electrons. The standard InChI is InChI=1S/C25H28N2O3/c1-3-10-21-17-26-23-14-9-13-22(24(21)23)19-27(18-20-11-5-4-6-12-20)15-7-8-16-30-25(28)29-2/h3-9,11-14,17,26H,1,10,15-16,18-19H2,2H3/b8-7+. The van der Waals surface area contributed by atoms with E-state index < -0.39 is 6.16 Å². The number of carbonyl (C=O) groups is 1. The van der Waals surface area contributed by atoms with Gasteiger partial charge in [-0.3, -0.25) is 4.90 Å². The van der Waals surface area contributed by atoms with Gasteiger partial charge in [0.2, 0.25) is 0 Å². The van der Waals surface area contributed by atoms with E-state index in [4.69, 9.17) is 4.74 Å². The Morgan fingerprint density at radius 3 is 2.67 bits per heavy atom. The number of allylic oxidation sites excluding steroid dienone is 1. The van der Waals surface area contributed by atoms with Crippen LogP contribution in [0.5, 0.6) is 0 Å². The molecule has 0 saturated carbocycles. The molecule has 0 aliphatic rings. The Morgan fingerprint density at radius 2 is 1.90 bits per heavy atom. The third-order valence-electron chi connectivity index (χ3n) is 4.88. The Balaban J connectivity index is 1.77. The van der Waals surface area contributed by atoms with E-state index in [0.29, 0.717) is 0 Å². The molecule has 5 heteroatoms. The Morgan fingerprint density at radius 1 is 1.07 bits per heavy atom. The van der Waals surface area contributed by atoms with Gasteiger partial charge in [-0.1, -0.05) is 54.6 Å². The summed E-state index contributed by atoms with van der Waals surface area (Å²) in [5, 5.41) is 1.27. The molecule has 0 aliphatic carbocycles. The van der Waals surface area contributed by atoms with Gasteiger partial charge in [0.15, 0.2) is 0 Å². The van der Waals surface area contributed by atoms with E-state index in [1.165, 1.54) is 29.2 Å². The molecule has 5 nitrogen and oxygen atoms in total. The van der Waals surface area contributed by atoms with Crippen LogP contribution in [0.3, 0.4) is 0 Å². The minimum Gasteiger partial charge on any atom is -0.438 e. The number of aromatic nitrogens is 1. The fourth-order valence-electron chi connectivity index (χ4n) is 3.52. The number of carbonyl (C=O) groups excluding carboxylic acids is 1. The van der Waals surface area contributed by atoms with Crippen LogP contribution in [0.4, 0.5) is 4.79 Å². The van der Waals surface area contributed by atoms with Crippen LogP contribution in [0.25, 0.3) is 10.9 Å². The van der Waals surface area contributed by atoms with Gasteiger partial charge < -0.3 is 14.5 Å². The van der Waals surface area contributed by atoms with Crippen molar-refractivity contribution in [1.29, 1.82) is 0 Å². The van der Waals surface area contributed by atoms with Crippen molar-refractivity contribution in [3.8, 4) is 0 Å². The number of ether oxygens (including phenoxy) is 2. The van der Waals surface area contributed by atoms with E-state index in [1.807, 2.05) is 24.3 Å². The molecular weight excluding hydrogens is 376 g/mol. The summed E-state index contributed by atoms with van der Waals surface area (Å²) in [5.41, 5.74) is 4.94. The molecule has 0 atom stereocenters. The Bertz CT molecular complexity index is 992. The van der Waals surface area contributed by atoms with Crippen molar-refractivity contribution < 1.29 is 14.3 Å². The lowest BCUT2D eigenvalue weighted by Gasteiger charge is -2.22. The molecule has 1 heterocycles. The summed E-state index contributed by atoms with van der Waals surface area (Å²) in [4.78, 5) is 16.8. The predicted octanol–water partition coefficient (Wildman–Crippen LogP) is 5.24. The predicted molar refractivity (Wildman–Crippen MR) is 120 cm³/mol. The monoisotopic (exact) mass is 404 g/mol. The van der Waals surface area contributed by atoms with Crippen LogP contribution in [-0.4, -0.2) is 36.3 Å². The van der Waals surface area contributed by atoms with Crippen molar-refractivity contribution in [1.82, 2.24) is 9.88 Å². The van der Waals surface area contributed by atoms with Gasteiger partial charge in [-0.15, -0.1) is 6.58 Å². The summed E-state index contributed by atoms with van der Waals surface area (Å²) in [6, 6.07) is 16.8. The van der Waals surface area contributed by atoms with Gasteiger partial charge in [-0.2, -0.15) is 0 Å². The van der Waals surface area contributed by atoms with Gasteiger partial charge in [-0.05, 0) is 35.3 Å². The average Bonchev–Trinajstić information content (AvgIpc) is 3.18. The van der Waals surface area contributed by atoms with Gasteiger partial charge >= 0.3 is 6.16 Å². The number of aromatic amines is 1. The van der Waals surface area contributed by atoms with Crippen LogP contribution >= 0.6 is 0 Å². The second kappa shape index (κ2) is 11.0. The molecule has 156 valence electrons. The smallest absolute Gasteiger partial charge is 0.438 e. The third-order valence-corrected chi connectivity index (χ3v) is 4.88. The van der Waals surface area contributed by atoms with Crippen LogP contribution in [0.2, 0.25) is 0 Å². The van der Waals surface area contributed by atoms with Crippen LogP contribution in [0, 0.1) is 0 Å². The largest absolute Gasteiger partial charge is 0.508 e. The maximum Gasteiger partial charge on any atom is 0.508 e. The van der Waals surface area contributed by atoms with E-state index >= 15 is 0 Å². The highest BCUT2D eigenvalue weighted by atomic mass is 16.7. The average molecular weight is 405 g/mol. The zero-order valence-electron chi connectivity index (χ0n) is 17.3. The second-order valence-corrected chi connectivity index (χ2v) is 7.04. The van der Waals surface area contributed by atoms with E-state index in [9.17, 15) is 4.79 Å². The third kappa shape index (κ3) is 5.84. The van der Waals surface area contributed by atoms with Gasteiger partial charge in [0.05, 0.1) is 7.11 Å². The van der Waals surface area contributed by atoms with E-state index in [0.717, 1.165) is 31.6 Å². The van der Waals surface area contributed by atoms with Crippen molar-refractivity contribution in [2.24, 2.45) is 0 Å². The number of benzene rings is 2. The lowest BCUT2D eigenvalue weighted by atomic mass is 10.0. The number of nitrogens with one attached hydrogen (secondary N) is 1. The molecule has 1 aromatic heterocycles. The minimum absolute atomic E-state index is 0.197. The highest BCUT2D eigenvalue weighted by Crippen LogP contribution is 2.25. The normalized spacial score (nSPS) is 11.3. The number of fused-ring (bicyclic) bond motifs is 1. The number of hydrogen-bond acceptors (Lipinski definition) is 4. The summed E-state index contributed by atoms with van der Waals surface area (Å²) >= 11 is 0. The highest BCUT2D eigenvalue weighted by Gasteiger charge is 2.12. The molecule has 0 unspecified atom stereocenters. The first-order valence-corrected chi connectivity index (χ1v) is 10.0. The molecule has 3 rings (SSSR count). The number of H-pyrrole nitrogens is 1. The molecular formula is C25H28N2O3. The first-order chi connectivity index (χ1) is 14.7. The summed E-state index contributed by atoms with van der Waals surface area (Å²) < 4.78 is 9.40. The summed E-state index contributed by atoms with van der Waals surface area (Å²) in [5.74, 6) is 0. The summed E-state index contributed by atoms with van der Waals surface area (Å²) in [7, 11) is 1.30. The Labute approximate surface area is 177 Å². The minimum atomic E-state index is -0.672. The summed E-state index contributed by atoms with van der Waals surface area (Å²) in [6.45, 7) is 6.44. The van der Waals surface area contributed by atoms with Gasteiger partial charge in [0, 0.05) is 36.7 Å². The van der Waals surface area contributed by atoms with E-state index in [-0.39, 0.29) is 6.61 Å². The van der Waals surface area contributed by atoms with Crippen molar-refractivity contribution in [3.63, 3.8) is 0 Å². The van der Waals surface area contributed by atoms with Crippen LogP contribution in [0.1, 0.15) is 16.7 Å².